The van der Waals surface area contributed by atoms with E-state index in [0.717, 1.165) is 33.3 Å². The van der Waals surface area contributed by atoms with Crippen LogP contribution in [-0.4, -0.2) is 19.5 Å². The second kappa shape index (κ2) is 5.14. The van der Waals surface area contributed by atoms with Gasteiger partial charge in [0, 0.05) is 11.6 Å². The van der Waals surface area contributed by atoms with Crippen LogP contribution < -0.4 is 0 Å². The van der Waals surface area contributed by atoms with E-state index < -0.39 is 0 Å². The molecule has 0 saturated carbocycles. The molecule has 6 heteroatoms. The van der Waals surface area contributed by atoms with E-state index in [4.69, 9.17) is 11.6 Å². The number of aryl methyl sites for hydroxylation is 2. The predicted molar refractivity (Wildman–Crippen MR) is 82.5 cm³/mol. The van der Waals surface area contributed by atoms with Crippen LogP contribution >= 0.6 is 22.9 Å². The van der Waals surface area contributed by atoms with Gasteiger partial charge in [-0.15, -0.1) is 22.9 Å². The molecule has 0 saturated heterocycles. The summed E-state index contributed by atoms with van der Waals surface area (Å²) in [7, 11) is 0. The highest BCUT2D eigenvalue weighted by molar-refractivity contribution is 7.09. The molecule has 3 heterocycles. The van der Waals surface area contributed by atoms with Gasteiger partial charge in [0.2, 0.25) is 0 Å². The van der Waals surface area contributed by atoms with Crippen molar-refractivity contribution in [3.63, 3.8) is 0 Å². The summed E-state index contributed by atoms with van der Waals surface area (Å²) < 4.78 is 2.06. The maximum absolute atomic E-state index is 6.26. The van der Waals surface area contributed by atoms with Crippen LogP contribution in [0.15, 0.2) is 17.6 Å². The van der Waals surface area contributed by atoms with Crippen LogP contribution in [0.1, 0.15) is 34.4 Å². The molecule has 0 aliphatic heterocycles. The Bertz CT molecular complexity index is 760. The van der Waals surface area contributed by atoms with Crippen molar-refractivity contribution in [3.8, 4) is 0 Å². The van der Waals surface area contributed by atoms with Gasteiger partial charge >= 0.3 is 0 Å². The van der Waals surface area contributed by atoms with Gasteiger partial charge in [0.05, 0.1) is 22.6 Å². The van der Waals surface area contributed by atoms with Gasteiger partial charge in [0.15, 0.2) is 5.65 Å². The van der Waals surface area contributed by atoms with E-state index in [2.05, 4.69) is 24.9 Å². The van der Waals surface area contributed by atoms with E-state index in [1.165, 1.54) is 0 Å². The maximum Gasteiger partial charge on any atom is 0.160 e. The first-order valence-corrected chi connectivity index (χ1v) is 7.74. The number of hydrogen-bond donors (Lipinski definition) is 0. The second-order valence-electron chi connectivity index (χ2n) is 4.89. The Hall–Kier alpha value is -1.46. The summed E-state index contributed by atoms with van der Waals surface area (Å²) in [5.41, 5.74) is 3.87. The zero-order valence-corrected chi connectivity index (χ0v) is 13.2. The molecular weight excluding hydrogens is 292 g/mol. The lowest BCUT2D eigenvalue weighted by atomic mass is 10.3. The molecule has 0 bridgehead atoms. The molecule has 0 aromatic carbocycles. The fourth-order valence-corrected chi connectivity index (χ4v) is 3.00. The van der Waals surface area contributed by atoms with Crippen LogP contribution in [0.3, 0.4) is 0 Å². The fourth-order valence-electron chi connectivity index (χ4n) is 2.23. The lowest BCUT2D eigenvalue weighted by Gasteiger charge is -2.08. The molecular formula is C14H15ClN4S. The number of fused-ring (bicyclic) bond motifs is 1. The standard InChI is InChI=1S/C14H15ClN4S/c1-8-4-12-14(16-5-8)19(13(18-12)9(2)15)6-11-7-20-10(3)17-11/h4-5,7,9H,6H2,1-3H3. The molecule has 3 rings (SSSR count). The minimum absolute atomic E-state index is 0.163. The molecule has 0 fully saturated rings. The third kappa shape index (κ3) is 2.43. The monoisotopic (exact) mass is 306 g/mol. The van der Waals surface area contributed by atoms with Crippen LogP contribution in [0.2, 0.25) is 0 Å². The molecule has 0 spiro atoms. The van der Waals surface area contributed by atoms with Crippen molar-refractivity contribution >= 4 is 34.1 Å². The van der Waals surface area contributed by atoms with Gasteiger partial charge in [-0.2, -0.15) is 0 Å². The van der Waals surface area contributed by atoms with Crippen LogP contribution in [-0.2, 0) is 6.54 Å². The minimum Gasteiger partial charge on any atom is -0.305 e. The maximum atomic E-state index is 6.26. The molecule has 20 heavy (non-hydrogen) atoms. The third-order valence-electron chi connectivity index (χ3n) is 3.09. The zero-order chi connectivity index (χ0) is 14.3. The second-order valence-corrected chi connectivity index (χ2v) is 6.60. The van der Waals surface area contributed by atoms with Crippen molar-refractivity contribution in [2.75, 3.05) is 0 Å². The normalized spacial score (nSPS) is 13.0. The highest BCUT2D eigenvalue weighted by Crippen LogP contribution is 2.25. The molecule has 0 N–H and O–H groups in total. The van der Waals surface area contributed by atoms with Crippen molar-refractivity contribution in [1.82, 2.24) is 19.5 Å². The number of alkyl halides is 1. The summed E-state index contributed by atoms with van der Waals surface area (Å²) in [6.07, 6.45) is 1.86. The highest BCUT2D eigenvalue weighted by Gasteiger charge is 2.17. The van der Waals surface area contributed by atoms with E-state index in [0.29, 0.717) is 6.54 Å². The summed E-state index contributed by atoms with van der Waals surface area (Å²) >= 11 is 7.91. The minimum atomic E-state index is -0.163. The summed E-state index contributed by atoms with van der Waals surface area (Å²) in [5, 5.41) is 2.97. The summed E-state index contributed by atoms with van der Waals surface area (Å²) in [6, 6.07) is 2.04. The van der Waals surface area contributed by atoms with Crippen molar-refractivity contribution in [3.05, 3.63) is 39.7 Å². The van der Waals surface area contributed by atoms with E-state index in [1.807, 2.05) is 33.0 Å². The predicted octanol–water partition coefficient (Wildman–Crippen LogP) is 3.85. The Morgan fingerprint density at radius 3 is 2.80 bits per heavy atom. The number of imidazole rings is 1. The zero-order valence-electron chi connectivity index (χ0n) is 11.6. The molecule has 0 amide bonds. The van der Waals surface area contributed by atoms with Crippen molar-refractivity contribution < 1.29 is 0 Å². The summed E-state index contributed by atoms with van der Waals surface area (Å²) in [6.45, 7) is 6.60. The van der Waals surface area contributed by atoms with Crippen LogP contribution in [0.5, 0.6) is 0 Å². The van der Waals surface area contributed by atoms with Gasteiger partial charge in [-0.3, -0.25) is 0 Å². The SMILES string of the molecule is Cc1cnc2c(c1)nc(C(C)Cl)n2Cc1csc(C)n1. The number of thiazole rings is 1. The van der Waals surface area contributed by atoms with Gasteiger partial charge in [-0.05, 0) is 32.4 Å². The van der Waals surface area contributed by atoms with Gasteiger partial charge in [-0.1, -0.05) is 0 Å². The summed E-state index contributed by atoms with van der Waals surface area (Å²) in [4.78, 5) is 13.6. The van der Waals surface area contributed by atoms with E-state index >= 15 is 0 Å². The summed E-state index contributed by atoms with van der Waals surface area (Å²) in [5.74, 6) is 0.838. The topological polar surface area (TPSA) is 43.6 Å². The average molecular weight is 307 g/mol. The number of pyridine rings is 1. The molecule has 1 atom stereocenters. The Morgan fingerprint density at radius 1 is 1.35 bits per heavy atom. The van der Waals surface area contributed by atoms with Crippen molar-refractivity contribution in [2.24, 2.45) is 0 Å². The van der Waals surface area contributed by atoms with Crippen LogP contribution in [0.25, 0.3) is 11.2 Å². The van der Waals surface area contributed by atoms with E-state index in [1.54, 1.807) is 11.3 Å². The number of nitrogens with zero attached hydrogens (tertiary/aromatic N) is 4. The molecule has 3 aromatic heterocycles. The van der Waals surface area contributed by atoms with Gasteiger partial charge in [0.25, 0.3) is 0 Å². The number of hydrogen-bond acceptors (Lipinski definition) is 4. The Balaban J connectivity index is 2.13. The molecule has 104 valence electrons. The average Bonchev–Trinajstić information content (AvgIpc) is 2.94. The lowest BCUT2D eigenvalue weighted by molar-refractivity contribution is 0.723. The van der Waals surface area contributed by atoms with Crippen LogP contribution in [0.4, 0.5) is 0 Å². The smallest absolute Gasteiger partial charge is 0.160 e. The van der Waals surface area contributed by atoms with Crippen molar-refractivity contribution in [1.29, 1.82) is 0 Å². The number of halogens is 1. The first kappa shape index (κ1) is 13.5. The fraction of sp³-hybridized carbons (Fsp3) is 0.357. The Morgan fingerprint density at radius 2 is 2.15 bits per heavy atom. The highest BCUT2D eigenvalue weighted by atomic mass is 35.5. The van der Waals surface area contributed by atoms with Crippen molar-refractivity contribution in [2.45, 2.75) is 32.7 Å². The first-order valence-electron chi connectivity index (χ1n) is 6.42. The molecule has 0 aliphatic rings. The third-order valence-corrected chi connectivity index (χ3v) is 4.11. The molecule has 0 radical (unpaired) electrons. The molecule has 3 aromatic rings. The Kier molecular flexibility index (Phi) is 3.48. The van der Waals surface area contributed by atoms with E-state index in [9.17, 15) is 0 Å². The Labute approximate surface area is 126 Å². The quantitative estimate of drug-likeness (QED) is 0.690. The first-order chi connectivity index (χ1) is 9.54. The molecule has 4 nitrogen and oxygen atoms in total. The van der Waals surface area contributed by atoms with Gasteiger partial charge in [-0.25, -0.2) is 15.0 Å². The van der Waals surface area contributed by atoms with Crippen LogP contribution in [0, 0.1) is 13.8 Å². The molecule has 1 unspecified atom stereocenters. The van der Waals surface area contributed by atoms with Gasteiger partial charge < -0.3 is 4.57 Å². The largest absolute Gasteiger partial charge is 0.305 e. The van der Waals surface area contributed by atoms with Gasteiger partial charge in [0.1, 0.15) is 11.3 Å². The lowest BCUT2D eigenvalue weighted by Crippen LogP contribution is -2.06. The number of aromatic nitrogens is 4. The van der Waals surface area contributed by atoms with E-state index in [-0.39, 0.29) is 5.38 Å². The molecule has 0 aliphatic carbocycles. The number of rotatable bonds is 3.